The van der Waals surface area contributed by atoms with Crippen molar-refractivity contribution in [2.24, 2.45) is 5.73 Å². The van der Waals surface area contributed by atoms with Crippen LogP contribution < -0.4 is 15.8 Å². The van der Waals surface area contributed by atoms with Crippen molar-refractivity contribution in [1.82, 2.24) is 15.2 Å². The van der Waals surface area contributed by atoms with Crippen LogP contribution in [0.5, 0.6) is 5.88 Å². The van der Waals surface area contributed by atoms with Crippen LogP contribution in [0.1, 0.15) is 17.3 Å². The summed E-state index contributed by atoms with van der Waals surface area (Å²) in [7, 11) is 0. The van der Waals surface area contributed by atoms with Crippen molar-refractivity contribution >= 4 is 34.4 Å². The van der Waals surface area contributed by atoms with Crippen LogP contribution in [-0.4, -0.2) is 68.2 Å². The van der Waals surface area contributed by atoms with Gasteiger partial charge >= 0.3 is 24.3 Å². The number of H-pyrrole nitrogens is 1. The Balaban J connectivity index is 0.000000404. The molecule has 0 saturated heterocycles. The number of aliphatic carboxylic acids is 2. The molecule has 0 unspecified atom stereocenters. The first kappa shape index (κ1) is 30.6. The van der Waals surface area contributed by atoms with Gasteiger partial charge in [-0.05, 0) is 37.3 Å². The second-order valence-corrected chi connectivity index (χ2v) is 6.75. The summed E-state index contributed by atoms with van der Waals surface area (Å²) in [4.78, 5) is 34.4. The Labute approximate surface area is 203 Å². The zero-order valence-corrected chi connectivity index (χ0v) is 18.6. The molecule has 0 saturated carbocycles. The zero-order valence-electron chi connectivity index (χ0n) is 18.6. The van der Waals surface area contributed by atoms with E-state index in [0.717, 1.165) is 10.9 Å². The largest absolute Gasteiger partial charge is 0.490 e. The molecular weight excluding hydrogens is 520 g/mol. The lowest BCUT2D eigenvalue weighted by atomic mass is 10.2. The minimum atomic E-state index is -5.08. The van der Waals surface area contributed by atoms with E-state index in [1.807, 2.05) is 19.1 Å². The number of hydrogen-bond acceptors (Lipinski definition) is 7. The standard InChI is InChI=1S/C16H17N5O2.2C2HF3O2/c1-10(8-17)23-16-13(3-2-6-18-16)15(22)20-12-4-5-14-11(7-12)9-19-21-14;2*3-2(4,5)1(6)7/h2-7,9-10H,8,17H2,1H3,(H,19,21)(H,20,22);2*(H,6,7)/t10-;;/m0../s1. The molecule has 3 aromatic rings. The van der Waals surface area contributed by atoms with Crippen molar-refractivity contribution in [3.05, 3.63) is 48.3 Å². The summed E-state index contributed by atoms with van der Waals surface area (Å²) in [5.41, 5.74) is 7.49. The number of rotatable bonds is 5. The van der Waals surface area contributed by atoms with Crippen molar-refractivity contribution < 1.29 is 55.7 Å². The second kappa shape index (κ2) is 13.1. The predicted octanol–water partition coefficient (Wildman–Crippen LogP) is 3.20. The number of ether oxygens (including phenoxy) is 1. The number of carboxylic acid groups (broad SMARTS) is 2. The van der Waals surface area contributed by atoms with Crippen LogP contribution in [0.4, 0.5) is 32.0 Å². The first-order valence-corrected chi connectivity index (χ1v) is 9.72. The minimum Gasteiger partial charge on any atom is -0.475 e. The molecule has 0 bridgehead atoms. The van der Waals surface area contributed by atoms with Gasteiger partial charge in [0, 0.05) is 23.8 Å². The number of amides is 1. The molecule has 0 fully saturated rings. The van der Waals surface area contributed by atoms with Gasteiger partial charge < -0.3 is 26.0 Å². The van der Waals surface area contributed by atoms with E-state index < -0.39 is 24.3 Å². The molecule has 1 aromatic carbocycles. The number of nitrogens with two attached hydrogens (primary N) is 1. The third-order valence-electron chi connectivity index (χ3n) is 3.84. The first-order valence-electron chi connectivity index (χ1n) is 9.72. The molecule has 2 aromatic heterocycles. The van der Waals surface area contributed by atoms with Crippen LogP contribution in [-0.2, 0) is 9.59 Å². The number of nitrogens with zero attached hydrogens (tertiary/aromatic N) is 2. The Morgan fingerprint density at radius 2 is 1.65 bits per heavy atom. The van der Waals surface area contributed by atoms with Gasteiger partial charge in [-0.2, -0.15) is 31.4 Å². The van der Waals surface area contributed by atoms with Gasteiger partial charge in [-0.3, -0.25) is 9.89 Å². The lowest BCUT2D eigenvalue weighted by molar-refractivity contribution is -0.193. The highest BCUT2D eigenvalue weighted by Crippen LogP contribution is 2.21. The number of hydrogen-bond donors (Lipinski definition) is 5. The molecule has 0 aliphatic rings. The maximum absolute atomic E-state index is 12.5. The number of nitrogens with one attached hydrogen (secondary N) is 2. The predicted molar refractivity (Wildman–Crippen MR) is 115 cm³/mol. The Kier molecular flexibility index (Phi) is 10.8. The summed E-state index contributed by atoms with van der Waals surface area (Å²) >= 11 is 0. The number of fused-ring (bicyclic) bond motifs is 1. The number of anilines is 1. The average molecular weight is 539 g/mol. The third kappa shape index (κ3) is 10.4. The van der Waals surface area contributed by atoms with Crippen molar-refractivity contribution in [3.8, 4) is 5.88 Å². The van der Waals surface area contributed by atoms with E-state index >= 15 is 0 Å². The molecule has 1 atom stereocenters. The van der Waals surface area contributed by atoms with E-state index in [2.05, 4.69) is 20.5 Å². The zero-order chi connectivity index (χ0) is 28.4. The number of halogens is 6. The van der Waals surface area contributed by atoms with Crippen LogP contribution in [0, 0.1) is 0 Å². The summed E-state index contributed by atoms with van der Waals surface area (Å²) in [6.45, 7) is 2.16. The number of benzene rings is 1. The van der Waals surface area contributed by atoms with E-state index in [1.165, 1.54) is 0 Å². The molecule has 37 heavy (non-hydrogen) atoms. The maximum atomic E-state index is 12.5. The van der Waals surface area contributed by atoms with E-state index in [-0.39, 0.29) is 17.9 Å². The fourth-order valence-corrected chi connectivity index (χ4v) is 2.12. The molecule has 202 valence electrons. The van der Waals surface area contributed by atoms with E-state index in [9.17, 15) is 31.1 Å². The normalized spacial score (nSPS) is 11.8. The van der Waals surface area contributed by atoms with Crippen LogP contribution in [0.3, 0.4) is 0 Å². The number of pyridine rings is 1. The Morgan fingerprint density at radius 3 is 2.16 bits per heavy atom. The SMILES string of the molecule is C[C@@H](CN)Oc1ncccc1C(=O)Nc1ccc2[nH]ncc2c1.O=C(O)C(F)(F)F.O=C(O)C(F)(F)F. The smallest absolute Gasteiger partial charge is 0.475 e. The van der Waals surface area contributed by atoms with Crippen molar-refractivity contribution in [1.29, 1.82) is 0 Å². The van der Waals surface area contributed by atoms with Gasteiger partial charge in [-0.15, -0.1) is 0 Å². The third-order valence-corrected chi connectivity index (χ3v) is 3.84. The second-order valence-electron chi connectivity index (χ2n) is 6.75. The molecule has 11 nitrogen and oxygen atoms in total. The average Bonchev–Trinajstić information content (AvgIpc) is 3.26. The van der Waals surface area contributed by atoms with Crippen LogP contribution >= 0.6 is 0 Å². The summed E-state index contributed by atoms with van der Waals surface area (Å²) in [6, 6.07) is 8.86. The van der Waals surface area contributed by atoms with Crippen molar-refractivity contribution in [2.45, 2.75) is 25.4 Å². The molecule has 2 heterocycles. The summed E-state index contributed by atoms with van der Waals surface area (Å²) in [5.74, 6) is -5.53. The van der Waals surface area contributed by atoms with Gasteiger partial charge in [-0.25, -0.2) is 14.6 Å². The minimum absolute atomic E-state index is 0.223. The van der Waals surface area contributed by atoms with E-state index in [4.69, 9.17) is 30.3 Å². The van der Waals surface area contributed by atoms with Gasteiger partial charge in [-0.1, -0.05) is 0 Å². The van der Waals surface area contributed by atoms with Gasteiger partial charge in [0.25, 0.3) is 5.91 Å². The molecule has 0 spiro atoms. The molecule has 1 amide bonds. The highest BCUT2D eigenvalue weighted by molar-refractivity contribution is 6.06. The molecule has 0 radical (unpaired) electrons. The maximum Gasteiger partial charge on any atom is 0.490 e. The quantitative estimate of drug-likeness (QED) is 0.304. The number of aromatic nitrogens is 3. The van der Waals surface area contributed by atoms with Crippen molar-refractivity contribution in [3.63, 3.8) is 0 Å². The monoisotopic (exact) mass is 539 g/mol. The molecule has 6 N–H and O–H groups in total. The Morgan fingerprint density at radius 1 is 1.08 bits per heavy atom. The van der Waals surface area contributed by atoms with Gasteiger partial charge in [0.2, 0.25) is 5.88 Å². The number of carboxylic acids is 2. The Bertz CT molecular complexity index is 1190. The van der Waals surface area contributed by atoms with Gasteiger partial charge in [0.15, 0.2) is 0 Å². The molecule has 3 rings (SSSR count). The lowest BCUT2D eigenvalue weighted by Gasteiger charge is -2.14. The summed E-state index contributed by atoms with van der Waals surface area (Å²) in [6.07, 6.45) is -7.11. The number of alkyl halides is 6. The van der Waals surface area contributed by atoms with Crippen LogP contribution in [0.25, 0.3) is 10.9 Å². The number of carbonyl (C=O) groups excluding carboxylic acids is 1. The van der Waals surface area contributed by atoms with Gasteiger partial charge in [0.05, 0.1) is 11.7 Å². The highest BCUT2D eigenvalue weighted by atomic mass is 19.4. The van der Waals surface area contributed by atoms with Crippen LogP contribution in [0.15, 0.2) is 42.7 Å². The fraction of sp³-hybridized carbons (Fsp3) is 0.250. The molecule has 0 aliphatic carbocycles. The molecule has 0 aliphatic heterocycles. The Hall–Kier alpha value is -4.41. The number of carbonyl (C=O) groups is 3. The lowest BCUT2D eigenvalue weighted by Crippen LogP contribution is -2.25. The van der Waals surface area contributed by atoms with Gasteiger partial charge in [0.1, 0.15) is 11.7 Å². The fourth-order valence-electron chi connectivity index (χ4n) is 2.12. The topological polar surface area (TPSA) is 181 Å². The summed E-state index contributed by atoms with van der Waals surface area (Å²) < 4.78 is 69.1. The number of aromatic amines is 1. The van der Waals surface area contributed by atoms with Crippen molar-refractivity contribution in [2.75, 3.05) is 11.9 Å². The molecular formula is C20H19F6N5O6. The van der Waals surface area contributed by atoms with Crippen LogP contribution in [0.2, 0.25) is 0 Å². The molecule has 17 heteroatoms. The van der Waals surface area contributed by atoms with E-state index in [1.54, 1.807) is 30.6 Å². The summed E-state index contributed by atoms with van der Waals surface area (Å²) in [5, 5.41) is 24.8. The highest BCUT2D eigenvalue weighted by Gasteiger charge is 2.38. The first-order chi connectivity index (χ1) is 17.1. The van der Waals surface area contributed by atoms with E-state index in [0.29, 0.717) is 17.8 Å².